The highest BCUT2D eigenvalue weighted by Gasteiger charge is 2.28. The molecule has 9 heteroatoms. The number of unbranched alkanes of at least 4 members (excludes halogenated alkanes) is 36. The molecule has 0 aromatic carbocycles. The molecule has 3 atom stereocenters. The summed E-state index contributed by atoms with van der Waals surface area (Å²) in [4.78, 5) is 23.2. The van der Waals surface area contributed by atoms with Crippen LogP contribution in [0.4, 0.5) is 0 Å². The lowest BCUT2D eigenvalue weighted by Gasteiger charge is -2.26. The number of aliphatic hydroxyl groups excluding tert-OH is 1. The number of hydrogen-bond acceptors (Lipinski definition) is 5. The van der Waals surface area contributed by atoms with Crippen LogP contribution in [0.1, 0.15) is 271 Å². The molecule has 8 nitrogen and oxygen atoms in total. The minimum atomic E-state index is -4.31. The predicted octanol–water partition coefficient (Wildman–Crippen LogP) is 15.3. The van der Waals surface area contributed by atoms with Crippen molar-refractivity contribution in [1.82, 2.24) is 5.32 Å². The minimum Gasteiger partial charge on any atom is -0.391 e. The molecule has 0 rings (SSSR count). The number of carbonyl (C=O) groups is 1. The number of likely N-dealkylation sites (N-methyl/N-ethyl adjacent to an activating group) is 1. The van der Waals surface area contributed by atoms with Crippen LogP contribution in [0.2, 0.25) is 0 Å². The van der Waals surface area contributed by atoms with Crippen LogP contribution >= 0.6 is 7.82 Å². The van der Waals surface area contributed by atoms with Crippen molar-refractivity contribution in [3.8, 4) is 0 Å². The molecule has 0 aliphatic carbocycles. The third-order valence-corrected chi connectivity index (χ3v) is 13.3. The van der Waals surface area contributed by atoms with E-state index in [4.69, 9.17) is 9.05 Å². The van der Waals surface area contributed by atoms with Crippen LogP contribution in [0.3, 0.4) is 0 Å². The van der Waals surface area contributed by atoms with Gasteiger partial charge in [0.2, 0.25) is 5.91 Å². The van der Waals surface area contributed by atoms with Gasteiger partial charge >= 0.3 is 7.82 Å². The van der Waals surface area contributed by atoms with Gasteiger partial charge in [-0.25, -0.2) is 4.57 Å². The van der Waals surface area contributed by atoms with Gasteiger partial charge in [0.15, 0.2) is 0 Å². The fourth-order valence-corrected chi connectivity index (χ4v) is 8.90. The summed E-state index contributed by atoms with van der Waals surface area (Å²) in [6, 6.07) is -0.753. The second-order valence-electron chi connectivity index (χ2n) is 19.6. The Balaban J connectivity index is 4.05. The van der Waals surface area contributed by atoms with Crippen molar-refractivity contribution in [3.05, 3.63) is 0 Å². The van der Waals surface area contributed by atoms with E-state index in [1.807, 2.05) is 21.1 Å². The Bertz CT molecular complexity index is 947. The Labute approximate surface area is 374 Å². The summed E-state index contributed by atoms with van der Waals surface area (Å²) >= 11 is 0. The number of aliphatic hydroxyl groups is 1. The summed E-state index contributed by atoms with van der Waals surface area (Å²) in [5.41, 5.74) is 0. The SMILES string of the molecule is CCCCCCCCCCCCCCCCCCCCCCCCCCCCCC(O)C(COP(=O)(O)OCC[N+](C)(C)C)NC(=O)CCCCCCCCCCCCC. The maximum atomic E-state index is 12.9. The number of amides is 1. The van der Waals surface area contributed by atoms with Gasteiger partial charge in [-0.3, -0.25) is 13.8 Å². The smallest absolute Gasteiger partial charge is 0.391 e. The highest BCUT2D eigenvalue weighted by molar-refractivity contribution is 7.47. The lowest BCUT2D eigenvalue weighted by atomic mass is 10.0. The van der Waals surface area contributed by atoms with Gasteiger partial charge in [-0.15, -0.1) is 0 Å². The highest BCUT2D eigenvalue weighted by Crippen LogP contribution is 2.43. The fraction of sp³-hybridized carbons (Fsp3) is 0.980. The van der Waals surface area contributed by atoms with E-state index >= 15 is 0 Å². The Hall–Kier alpha value is -0.500. The van der Waals surface area contributed by atoms with Crippen LogP contribution in [0, 0.1) is 0 Å². The van der Waals surface area contributed by atoms with Crippen molar-refractivity contribution < 1.29 is 32.9 Å². The second-order valence-corrected chi connectivity index (χ2v) is 21.1. The Morgan fingerprint density at radius 2 is 0.800 bits per heavy atom. The normalized spacial score (nSPS) is 14.1. The monoisotopic (exact) mass is 874 g/mol. The van der Waals surface area contributed by atoms with E-state index in [0.717, 1.165) is 38.5 Å². The van der Waals surface area contributed by atoms with Crippen molar-refractivity contribution in [1.29, 1.82) is 0 Å². The number of phosphoric ester groups is 1. The Morgan fingerprint density at radius 1 is 0.500 bits per heavy atom. The average molecular weight is 874 g/mol. The van der Waals surface area contributed by atoms with Crippen LogP contribution in [-0.2, 0) is 18.4 Å². The molecule has 3 N–H and O–H groups in total. The van der Waals surface area contributed by atoms with E-state index in [0.29, 0.717) is 23.9 Å². The van der Waals surface area contributed by atoms with E-state index in [1.165, 1.54) is 205 Å². The van der Waals surface area contributed by atoms with Crippen molar-refractivity contribution in [3.63, 3.8) is 0 Å². The third-order valence-electron chi connectivity index (χ3n) is 12.4. The first-order valence-electron chi connectivity index (χ1n) is 26.4. The maximum absolute atomic E-state index is 12.9. The fourth-order valence-electron chi connectivity index (χ4n) is 8.17. The van der Waals surface area contributed by atoms with Gasteiger partial charge in [0.25, 0.3) is 0 Å². The summed E-state index contributed by atoms with van der Waals surface area (Å²) < 4.78 is 23.7. The molecule has 60 heavy (non-hydrogen) atoms. The van der Waals surface area contributed by atoms with Gasteiger partial charge in [-0.1, -0.05) is 251 Å². The summed E-state index contributed by atoms with van der Waals surface area (Å²) in [6.45, 7) is 4.91. The molecule has 0 spiro atoms. The van der Waals surface area contributed by atoms with Crippen molar-refractivity contribution in [2.75, 3.05) is 40.9 Å². The summed E-state index contributed by atoms with van der Waals surface area (Å²) in [5.74, 6) is -0.141. The van der Waals surface area contributed by atoms with Gasteiger partial charge < -0.3 is 19.8 Å². The molecule has 0 radical (unpaired) electrons. The first-order valence-corrected chi connectivity index (χ1v) is 27.9. The molecular weight excluding hydrogens is 768 g/mol. The zero-order chi connectivity index (χ0) is 44.3. The molecule has 0 aromatic rings. The van der Waals surface area contributed by atoms with E-state index in [1.54, 1.807) is 0 Å². The predicted molar refractivity (Wildman–Crippen MR) is 259 cm³/mol. The Kier molecular flexibility index (Phi) is 43.4. The number of quaternary nitrogens is 1. The standard InChI is InChI=1S/C51H105N2O6P/c1-6-8-10-12-14-16-18-19-20-21-22-23-24-25-26-27-28-29-30-31-32-33-35-36-38-40-42-44-50(54)49(48-59-60(56,57)58-47-46-53(3,4)5)52-51(55)45-43-41-39-37-34-17-15-13-11-9-7-2/h49-50,54H,6-48H2,1-5H3,(H-,52,55,56,57)/p+1. The number of phosphoric acid groups is 1. The minimum absolute atomic E-state index is 0.0787. The molecule has 0 bridgehead atoms. The molecule has 0 saturated carbocycles. The molecule has 360 valence electrons. The zero-order valence-corrected chi connectivity index (χ0v) is 41.9. The highest BCUT2D eigenvalue weighted by atomic mass is 31.2. The van der Waals surface area contributed by atoms with E-state index in [-0.39, 0.29) is 19.1 Å². The van der Waals surface area contributed by atoms with Crippen LogP contribution in [0.5, 0.6) is 0 Å². The largest absolute Gasteiger partial charge is 0.472 e. The van der Waals surface area contributed by atoms with Crippen molar-refractivity contribution >= 4 is 13.7 Å². The first kappa shape index (κ1) is 59.5. The Morgan fingerprint density at radius 3 is 1.12 bits per heavy atom. The molecule has 0 aromatic heterocycles. The van der Waals surface area contributed by atoms with Gasteiger partial charge in [-0.05, 0) is 12.8 Å². The number of nitrogens with one attached hydrogen (secondary N) is 1. The molecular formula is C51H106N2O6P+. The number of nitrogens with zero attached hydrogens (tertiary/aromatic N) is 1. The van der Waals surface area contributed by atoms with Crippen LogP contribution in [-0.4, -0.2) is 73.4 Å². The van der Waals surface area contributed by atoms with Gasteiger partial charge in [-0.2, -0.15) is 0 Å². The van der Waals surface area contributed by atoms with E-state index < -0.39 is 20.0 Å². The topological polar surface area (TPSA) is 105 Å². The summed E-state index contributed by atoms with van der Waals surface area (Å²) in [6.07, 6.45) is 50.1. The van der Waals surface area contributed by atoms with Crippen LogP contribution in [0.15, 0.2) is 0 Å². The van der Waals surface area contributed by atoms with Crippen LogP contribution < -0.4 is 5.32 Å². The van der Waals surface area contributed by atoms with Crippen LogP contribution in [0.25, 0.3) is 0 Å². The maximum Gasteiger partial charge on any atom is 0.472 e. The molecule has 0 aliphatic heterocycles. The average Bonchev–Trinajstić information content (AvgIpc) is 3.20. The van der Waals surface area contributed by atoms with Gasteiger partial charge in [0, 0.05) is 6.42 Å². The van der Waals surface area contributed by atoms with E-state index in [9.17, 15) is 19.4 Å². The van der Waals surface area contributed by atoms with E-state index in [2.05, 4.69) is 19.2 Å². The third kappa shape index (κ3) is 45.5. The number of carbonyl (C=O) groups excluding carboxylic acids is 1. The van der Waals surface area contributed by atoms with Gasteiger partial charge in [0.05, 0.1) is 39.9 Å². The lowest BCUT2D eigenvalue weighted by molar-refractivity contribution is -0.870. The lowest BCUT2D eigenvalue weighted by Crippen LogP contribution is -2.46. The molecule has 0 aliphatic rings. The quantitative estimate of drug-likeness (QED) is 0.0319. The molecule has 1 amide bonds. The zero-order valence-electron chi connectivity index (χ0n) is 41.0. The molecule has 0 heterocycles. The summed E-state index contributed by atoms with van der Waals surface area (Å²) in [5, 5.41) is 14.0. The first-order chi connectivity index (χ1) is 29.0. The second kappa shape index (κ2) is 43.7. The van der Waals surface area contributed by atoms with Gasteiger partial charge in [0.1, 0.15) is 13.2 Å². The number of hydrogen-bond donors (Lipinski definition) is 3. The summed E-state index contributed by atoms with van der Waals surface area (Å²) in [7, 11) is 1.63. The van der Waals surface area contributed by atoms with Crippen molar-refractivity contribution in [2.24, 2.45) is 0 Å². The molecule has 3 unspecified atom stereocenters. The van der Waals surface area contributed by atoms with Crippen molar-refractivity contribution in [2.45, 2.75) is 283 Å². The molecule has 0 saturated heterocycles. The molecule has 0 fully saturated rings. The number of rotatable bonds is 49.